The average Bonchev–Trinajstić information content (AvgIpc) is 2.72. The first kappa shape index (κ1) is 11.7. The normalized spacial score (nSPS) is 24.9. The Labute approximate surface area is 107 Å². The molecule has 2 heterocycles. The lowest BCUT2D eigenvalue weighted by Gasteiger charge is -2.32. The standard InChI is InChI=1S/C14H19NO3/c1-8(2)15-11-4-9(3)18-12-6-14-13(5-10(11)12)16-7-17-14/h5-6,8-9,11,15H,4,7H2,1-3H3. The Balaban J connectivity index is 1.98. The number of hydrogen-bond donors (Lipinski definition) is 1. The maximum atomic E-state index is 5.89. The summed E-state index contributed by atoms with van der Waals surface area (Å²) >= 11 is 0. The monoisotopic (exact) mass is 249 g/mol. The summed E-state index contributed by atoms with van der Waals surface area (Å²) in [5.41, 5.74) is 1.17. The third kappa shape index (κ3) is 2.01. The van der Waals surface area contributed by atoms with Crippen LogP contribution in [0.2, 0.25) is 0 Å². The van der Waals surface area contributed by atoms with Gasteiger partial charge >= 0.3 is 0 Å². The number of benzene rings is 1. The van der Waals surface area contributed by atoms with Gasteiger partial charge in [-0.25, -0.2) is 0 Å². The Hall–Kier alpha value is -1.42. The van der Waals surface area contributed by atoms with Crippen molar-refractivity contribution in [1.82, 2.24) is 5.32 Å². The SMILES string of the molecule is CC(C)NC1CC(C)Oc2cc3c(cc21)OCO3. The molecule has 2 aliphatic heterocycles. The Morgan fingerprint density at radius 2 is 1.89 bits per heavy atom. The third-order valence-corrected chi connectivity index (χ3v) is 3.31. The van der Waals surface area contributed by atoms with Crippen molar-refractivity contribution in [2.45, 2.75) is 45.4 Å². The predicted octanol–water partition coefficient (Wildman–Crippen LogP) is 2.63. The van der Waals surface area contributed by atoms with E-state index in [0.717, 1.165) is 23.7 Å². The van der Waals surface area contributed by atoms with Crippen molar-refractivity contribution in [3.63, 3.8) is 0 Å². The van der Waals surface area contributed by atoms with Crippen LogP contribution in [0.4, 0.5) is 0 Å². The molecule has 2 unspecified atom stereocenters. The molecule has 1 N–H and O–H groups in total. The van der Waals surface area contributed by atoms with Crippen molar-refractivity contribution < 1.29 is 14.2 Å². The van der Waals surface area contributed by atoms with E-state index in [0.29, 0.717) is 18.9 Å². The van der Waals surface area contributed by atoms with E-state index in [1.807, 2.05) is 12.1 Å². The minimum atomic E-state index is 0.217. The van der Waals surface area contributed by atoms with Crippen LogP contribution in [-0.4, -0.2) is 18.9 Å². The van der Waals surface area contributed by atoms with Gasteiger partial charge in [-0.05, 0) is 13.0 Å². The molecule has 0 fully saturated rings. The molecule has 1 aromatic carbocycles. The highest BCUT2D eigenvalue weighted by Crippen LogP contribution is 2.44. The van der Waals surface area contributed by atoms with Crippen molar-refractivity contribution >= 4 is 0 Å². The molecule has 0 saturated heterocycles. The maximum Gasteiger partial charge on any atom is 0.231 e. The van der Waals surface area contributed by atoms with Gasteiger partial charge in [0, 0.05) is 30.1 Å². The summed E-state index contributed by atoms with van der Waals surface area (Å²) in [5.74, 6) is 2.52. The average molecular weight is 249 g/mol. The number of hydrogen-bond acceptors (Lipinski definition) is 4. The number of fused-ring (bicyclic) bond motifs is 2. The van der Waals surface area contributed by atoms with Gasteiger partial charge in [0.2, 0.25) is 6.79 Å². The highest BCUT2D eigenvalue weighted by molar-refractivity contribution is 5.53. The summed E-state index contributed by atoms with van der Waals surface area (Å²) in [6, 6.07) is 4.75. The van der Waals surface area contributed by atoms with Crippen molar-refractivity contribution in [2.24, 2.45) is 0 Å². The quantitative estimate of drug-likeness (QED) is 0.874. The van der Waals surface area contributed by atoms with E-state index in [1.54, 1.807) is 0 Å². The van der Waals surface area contributed by atoms with E-state index < -0.39 is 0 Å². The van der Waals surface area contributed by atoms with Crippen LogP contribution in [0, 0.1) is 0 Å². The zero-order valence-electron chi connectivity index (χ0n) is 11.0. The van der Waals surface area contributed by atoms with Gasteiger partial charge in [0.25, 0.3) is 0 Å². The van der Waals surface area contributed by atoms with Crippen LogP contribution in [-0.2, 0) is 0 Å². The van der Waals surface area contributed by atoms with Crippen molar-refractivity contribution in [3.05, 3.63) is 17.7 Å². The van der Waals surface area contributed by atoms with E-state index >= 15 is 0 Å². The Morgan fingerprint density at radius 1 is 1.17 bits per heavy atom. The fraction of sp³-hybridized carbons (Fsp3) is 0.571. The van der Waals surface area contributed by atoms with Crippen LogP contribution in [0.15, 0.2) is 12.1 Å². The van der Waals surface area contributed by atoms with Crippen LogP contribution < -0.4 is 19.5 Å². The van der Waals surface area contributed by atoms with E-state index in [2.05, 4.69) is 26.1 Å². The first-order chi connectivity index (χ1) is 8.63. The first-order valence-electron chi connectivity index (χ1n) is 6.49. The topological polar surface area (TPSA) is 39.7 Å². The molecule has 98 valence electrons. The first-order valence-corrected chi connectivity index (χ1v) is 6.49. The van der Waals surface area contributed by atoms with Crippen molar-refractivity contribution in [1.29, 1.82) is 0 Å². The van der Waals surface area contributed by atoms with Gasteiger partial charge < -0.3 is 19.5 Å². The van der Waals surface area contributed by atoms with Crippen molar-refractivity contribution in [2.75, 3.05) is 6.79 Å². The van der Waals surface area contributed by atoms with E-state index in [-0.39, 0.29) is 6.10 Å². The molecule has 4 nitrogen and oxygen atoms in total. The van der Waals surface area contributed by atoms with Crippen LogP contribution in [0.1, 0.15) is 38.8 Å². The van der Waals surface area contributed by atoms with Gasteiger partial charge in [-0.1, -0.05) is 13.8 Å². The summed E-state index contributed by atoms with van der Waals surface area (Å²) in [6.45, 7) is 6.72. The second-order valence-electron chi connectivity index (χ2n) is 5.28. The summed E-state index contributed by atoms with van der Waals surface area (Å²) in [7, 11) is 0. The van der Waals surface area contributed by atoms with Crippen LogP contribution in [0.5, 0.6) is 17.2 Å². The summed E-state index contributed by atoms with van der Waals surface area (Å²) in [5, 5.41) is 3.58. The van der Waals surface area contributed by atoms with Crippen molar-refractivity contribution in [3.8, 4) is 17.2 Å². The second kappa shape index (κ2) is 4.35. The molecule has 1 aromatic rings. The molecule has 2 aliphatic rings. The molecule has 18 heavy (non-hydrogen) atoms. The van der Waals surface area contributed by atoms with Gasteiger partial charge in [0.15, 0.2) is 11.5 Å². The largest absolute Gasteiger partial charge is 0.490 e. The summed E-state index contributed by atoms with van der Waals surface area (Å²) < 4.78 is 16.7. The zero-order valence-corrected chi connectivity index (χ0v) is 11.0. The maximum absolute atomic E-state index is 5.89. The molecule has 2 atom stereocenters. The molecule has 0 saturated carbocycles. The molecular weight excluding hydrogens is 230 g/mol. The molecule has 3 rings (SSSR count). The fourth-order valence-electron chi connectivity index (χ4n) is 2.60. The van der Waals surface area contributed by atoms with Gasteiger partial charge in [-0.15, -0.1) is 0 Å². The van der Waals surface area contributed by atoms with Crippen LogP contribution in [0.3, 0.4) is 0 Å². The molecule has 0 radical (unpaired) electrons. The van der Waals surface area contributed by atoms with Gasteiger partial charge in [-0.2, -0.15) is 0 Å². The highest BCUT2D eigenvalue weighted by atomic mass is 16.7. The lowest BCUT2D eigenvalue weighted by molar-refractivity contribution is 0.162. The van der Waals surface area contributed by atoms with Gasteiger partial charge in [0.1, 0.15) is 5.75 Å². The lowest BCUT2D eigenvalue weighted by atomic mass is 9.96. The molecule has 0 aliphatic carbocycles. The van der Waals surface area contributed by atoms with Crippen LogP contribution in [0.25, 0.3) is 0 Å². The fourth-order valence-corrected chi connectivity index (χ4v) is 2.60. The summed E-state index contributed by atoms with van der Waals surface area (Å²) in [6.07, 6.45) is 1.19. The predicted molar refractivity (Wildman–Crippen MR) is 68.3 cm³/mol. The summed E-state index contributed by atoms with van der Waals surface area (Å²) in [4.78, 5) is 0. The minimum Gasteiger partial charge on any atom is -0.490 e. The smallest absolute Gasteiger partial charge is 0.231 e. The lowest BCUT2D eigenvalue weighted by Crippen LogP contribution is -2.35. The Kier molecular flexibility index (Phi) is 2.82. The minimum absolute atomic E-state index is 0.217. The van der Waals surface area contributed by atoms with E-state index in [9.17, 15) is 0 Å². The molecule has 0 aromatic heterocycles. The Bertz CT molecular complexity index is 459. The third-order valence-electron chi connectivity index (χ3n) is 3.31. The van der Waals surface area contributed by atoms with Crippen LogP contribution >= 0.6 is 0 Å². The number of nitrogens with one attached hydrogen (secondary N) is 1. The second-order valence-corrected chi connectivity index (χ2v) is 5.28. The van der Waals surface area contributed by atoms with E-state index in [1.165, 1.54) is 5.56 Å². The molecule has 0 bridgehead atoms. The Morgan fingerprint density at radius 3 is 2.61 bits per heavy atom. The highest BCUT2D eigenvalue weighted by Gasteiger charge is 2.29. The number of rotatable bonds is 2. The van der Waals surface area contributed by atoms with E-state index in [4.69, 9.17) is 14.2 Å². The number of ether oxygens (including phenoxy) is 3. The zero-order chi connectivity index (χ0) is 12.7. The van der Waals surface area contributed by atoms with Gasteiger partial charge in [0.05, 0.1) is 6.10 Å². The molecule has 0 spiro atoms. The van der Waals surface area contributed by atoms with Gasteiger partial charge in [-0.3, -0.25) is 0 Å². The molecule has 4 heteroatoms. The molecule has 0 amide bonds. The molecular formula is C14H19NO3.